The zero-order valence-corrected chi connectivity index (χ0v) is 21.2. The summed E-state index contributed by atoms with van der Waals surface area (Å²) in [5, 5.41) is 9.13. The fourth-order valence-corrected chi connectivity index (χ4v) is 9.76. The van der Waals surface area contributed by atoms with Crippen LogP contribution in [0, 0.1) is 58.2 Å². The fourth-order valence-electron chi connectivity index (χ4n) is 9.76. The van der Waals surface area contributed by atoms with Gasteiger partial charge in [0.05, 0.1) is 0 Å². The number of carboxylic acid groups (broad SMARTS) is 1. The van der Waals surface area contributed by atoms with Crippen molar-refractivity contribution in [2.45, 2.75) is 118 Å². The average Bonchev–Trinajstić information content (AvgIpc) is 3.08. The second-order valence-corrected chi connectivity index (χ2v) is 13.2. The Morgan fingerprint density at radius 3 is 2.32 bits per heavy atom. The third-order valence-corrected chi connectivity index (χ3v) is 11.9. The van der Waals surface area contributed by atoms with E-state index in [9.17, 15) is 4.79 Å². The van der Waals surface area contributed by atoms with Gasteiger partial charge in [0.15, 0.2) is 0 Å². The number of fused-ring (bicyclic) bond motifs is 5. The molecule has 0 saturated heterocycles. The van der Waals surface area contributed by atoms with E-state index >= 15 is 0 Å². The van der Waals surface area contributed by atoms with Crippen molar-refractivity contribution in [1.29, 1.82) is 0 Å². The second kappa shape index (κ2) is 9.02. The van der Waals surface area contributed by atoms with Crippen LogP contribution in [-0.4, -0.2) is 11.1 Å². The minimum absolute atomic E-state index is 0.290. The van der Waals surface area contributed by atoms with Crippen LogP contribution < -0.4 is 0 Å². The summed E-state index contributed by atoms with van der Waals surface area (Å²) in [6.45, 7) is 12.3. The van der Waals surface area contributed by atoms with E-state index in [0.29, 0.717) is 29.1 Å². The Hall–Kier alpha value is -0.530. The van der Waals surface area contributed by atoms with Gasteiger partial charge in [-0.3, -0.25) is 4.79 Å². The van der Waals surface area contributed by atoms with Crippen LogP contribution >= 0.6 is 0 Å². The number of rotatable bonds is 7. The highest BCUT2D eigenvalue weighted by Gasteiger charge is 2.60. The molecule has 10 atom stereocenters. The molecule has 1 N–H and O–H groups in total. The topological polar surface area (TPSA) is 37.3 Å². The molecule has 4 fully saturated rings. The first-order valence-corrected chi connectivity index (χ1v) is 13.9. The molecule has 0 aliphatic heterocycles. The van der Waals surface area contributed by atoms with Crippen LogP contribution in [0.3, 0.4) is 0 Å². The molecule has 0 aromatic carbocycles. The Kier molecular flexibility index (Phi) is 6.87. The summed E-state index contributed by atoms with van der Waals surface area (Å²) in [6, 6.07) is 0. The van der Waals surface area contributed by atoms with Crippen LogP contribution in [0.15, 0.2) is 0 Å². The molecule has 0 aromatic rings. The van der Waals surface area contributed by atoms with E-state index in [2.05, 4.69) is 34.6 Å². The van der Waals surface area contributed by atoms with Gasteiger partial charge in [-0.2, -0.15) is 0 Å². The first-order chi connectivity index (χ1) is 14.7. The zero-order valence-electron chi connectivity index (χ0n) is 21.2. The van der Waals surface area contributed by atoms with Crippen LogP contribution in [-0.2, 0) is 4.79 Å². The predicted octanol–water partition coefficient (Wildman–Crippen LogP) is 8.20. The predicted molar refractivity (Wildman–Crippen MR) is 129 cm³/mol. The van der Waals surface area contributed by atoms with Gasteiger partial charge < -0.3 is 5.11 Å². The van der Waals surface area contributed by atoms with Crippen molar-refractivity contribution in [3.05, 3.63) is 0 Å². The largest absolute Gasteiger partial charge is 0.481 e. The molecule has 0 radical (unpaired) electrons. The van der Waals surface area contributed by atoms with Gasteiger partial charge in [-0.25, -0.2) is 0 Å². The van der Waals surface area contributed by atoms with Gasteiger partial charge in [-0.1, -0.05) is 60.3 Å². The fraction of sp³-hybridized carbons (Fsp3) is 0.966. The summed E-state index contributed by atoms with van der Waals surface area (Å²) >= 11 is 0. The first-order valence-electron chi connectivity index (χ1n) is 13.9. The molecule has 2 heteroatoms. The summed E-state index contributed by atoms with van der Waals surface area (Å²) < 4.78 is 0. The van der Waals surface area contributed by atoms with Crippen molar-refractivity contribution in [3.63, 3.8) is 0 Å². The monoisotopic (exact) mass is 430 g/mol. The number of carboxylic acids is 1. The highest BCUT2D eigenvalue weighted by molar-refractivity contribution is 5.66. The molecule has 0 aromatic heterocycles. The zero-order chi connectivity index (χ0) is 22.4. The summed E-state index contributed by atoms with van der Waals surface area (Å²) in [7, 11) is 0. The highest BCUT2D eigenvalue weighted by Crippen LogP contribution is 2.68. The lowest BCUT2D eigenvalue weighted by Gasteiger charge is -2.61. The van der Waals surface area contributed by atoms with Crippen LogP contribution in [0.5, 0.6) is 0 Å². The van der Waals surface area contributed by atoms with Crippen molar-refractivity contribution in [2.24, 2.45) is 58.2 Å². The summed E-state index contributed by atoms with van der Waals surface area (Å²) in [5.41, 5.74) is 1.22. The SMILES string of the molecule is CC(CC(=O)O)[C@@H](C)CC[C@@H](C)[C@H]1CC[C@H]2[C@@H]3CCC4CCCC[C@]4(C)[C@H]3CC[C@]12C. The summed E-state index contributed by atoms with van der Waals surface area (Å²) in [5.74, 6) is 5.85. The number of carbonyl (C=O) groups is 1. The molecule has 0 spiro atoms. The molecule has 0 heterocycles. The quantitative estimate of drug-likeness (QED) is 0.442. The molecule has 31 heavy (non-hydrogen) atoms. The van der Waals surface area contributed by atoms with Crippen LogP contribution in [0.4, 0.5) is 0 Å². The molecule has 4 aliphatic rings. The van der Waals surface area contributed by atoms with E-state index in [0.717, 1.165) is 35.5 Å². The molecule has 4 saturated carbocycles. The smallest absolute Gasteiger partial charge is 0.303 e. The Labute approximate surface area is 192 Å². The number of aliphatic carboxylic acids is 1. The Morgan fingerprint density at radius 1 is 0.839 bits per heavy atom. The van der Waals surface area contributed by atoms with E-state index in [-0.39, 0.29) is 0 Å². The molecule has 4 aliphatic carbocycles. The minimum Gasteiger partial charge on any atom is -0.481 e. The second-order valence-electron chi connectivity index (χ2n) is 13.2. The molecular weight excluding hydrogens is 380 g/mol. The number of hydrogen-bond donors (Lipinski definition) is 1. The molecule has 4 rings (SSSR count). The van der Waals surface area contributed by atoms with E-state index < -0.39 is 5.97 Å². The van der Waals surface area contributed by atoms with Crippen molar-refractivity contribution >= 4 is 5.97 Å². The van der Waals surface area contributed by atoms with Crippen LogP contribution in [0.25, 0.3) is 0 Å². The van der Waals surface area contributed by atoms with Crippen molar-refractivity contribution < 1.29 is 9.90 Å². The standard InChI is InChI=1S/C29H50O2/c1-19(21(3)18-27(30)31)9-10-20(2)24-13-14-25-23-12-11-22-8-6-7-16-28(22,4)26(23)15-17-29(24,25)5/h19-26H,6-18H2,1-5H3,(H,30,31)/t19-,20+,21?,22?,23-,24+,25-,26-,28-,29+/m0/s1. The third kappa shape index (κ3) is 4.23. The number of hydrogen-bond acceptors (Lipinski definition) is 1. The van der Waals surface area contributed by atoms with Gasteiger partial charge >= 0.3 is 5.97 Å². The minimum atomic E-state index is -0.642. The maximum Gasteiger partial charge on any atom is 0.303 e. The maximum absolute atomic E-state index is 11.1. The average molecular weight is 431 g/mol. The van der Waals surface area contributed by atoms with Gasteiger partial charge in [-0.05, 0) is 110 Å². The third-order valence-electron chi connectivity index (χ3n) is 11.9. The van der Waals surface area contributed by atoms with Gasteiger partial charge in [-0.15, -0.1) is 0 Å². The van der Waals surface area contributed by atoms with Crippen molar-refractivity contribution in [2.75, 3.05) is 0 Å². The molecule has 2 nitrogen and oxygen atoms in total. The van der Waals surface area contributed by atoms with Crippen LogP contribution in [0.2, 0.25) is 0 Å². The van der Waals surface area contributed by atoms with E-state index in [1.807, 2.05) is 0 Å². The first kappa shape index (κ1) is 23.6. The molecular formula is C29H50O2. The highest BCUT2D eigenvalue weighted by atomic mass is 16.4. The van der Waals surface area contributed by atoms with Gasteiger partial charge in [0.2, 0.25) is 0 Å². The lowest BCUT2D eigenvalue weighted by atomic mass is 9.44. The molecule has 0 bridgehead atoms. The molecule has 178 valence electrons. The maximum atomic E-state index is 11.1. The van der Waals surface area contributed by atoms with Crippen LogP contribution in [0.1, 0.15) is 118 Å². The molecule has 0 amide bonds. The van der Waals surface area contributed by atoms with Gasteiger partial charge in [0, 0.05) is 6.42 Å². The summed E-state index contributed by atoms with van der Waals surface area (Å²) in [4.78, 5) is 11.1. The van der Waals surface area contributed by atoms with E-state index in [1.54, 1.807) is 0 Å². The Bertz CT molecular complexity index is 643. The molecule has 2 unspecified atom stereocenters. The van der Waals surface area contributed by atoms with Gasteiger partial charge in [0.1, 0.15) is 0 Å². The normalized spacial score (nSPS) is 45.1. The Balaban J connectivity index is 1.40. The lowest BCUT2D eigenvalue weighted by molar-refractivity contribution is -0.138. The summed E-state index contributed by atoms with van der Waals surface area (Å²) in [6.07, 6.45) is 17.7. The van der Waals surface area contributed by atoms with Crippen molar-refractivity contribution in [1.82, 2.24) is 0 Å². The van der Waals surface area contributed by atoms with E-state index in [1.165, 1.54) is 77.0 Å². The van der Waals surface area contributed by atoms with Crippen molar-refractivity contribution in [3.8, 4) is 0 Å². The Morgan fingerprint density at radius 2 is 1.58 bits per heavy atom. The lowest BCUT2D eigenvalue weighted by Crippen LogP contribution is -2.53. The van der Waals surface area contributed by atoms with Gasteiger partial charge in [0.25, 0.3) is 0 Å². The van der Waals surface area contributed by atoms with E-state index in [4.69, 9.17) is 5.11 Å².